The van der Waals surface area contributed by atoms with E-state index in [1.54, 1.807) is 32.2 Å². The number of benzene rings is 2. The first-order valence-corrected chi connectivity index (χ1v) is 9.91. The molecule has 0 aliphatic carbocycles. The van der Waals surface area contributed by atoms with Crippen LogP contribution in [0.15, 0.2) is 42.3 Å². The standard InChI is InChI=1S/C24H23NO6/c1-5-29-22(26)13-30-17-8-14(2)23-20(11-17)31-21(24(23)27)9-15-12-25(3)19-7-6-16(28-4)10-18(15)19/h6-12H,5,13H2,1-4H3/b21-9-. The molecular weight excluding hydrogens is 398 g/mol. The molecule has 0 atom stereocenters. The number of carbonyl (C=O) groups is 2. The Morgan fingerprint density at radius 2 is 2.00 bits per heavy atom. The number of ketones is 1. The number of rotatable bonds is 6. The minimum Gasteiger partial charge on any atom is -0.497 e. The monoisotopic (exact) mass is 421 g/mol. The minimum atomic E-state index is -0.454. The first-order chi connectivity index (χ1) is 14.9. The molecule has 0 bridgehead atoms. The van der Waals surface area contributed by atoms with Gasteiger partial charge in [0, 0.05) is 35.8 Å². The highest BCUT2D eigenvalue weighted by atomic mass is 16.6. The number of nitrogens with zero attached hydrogens (tertiary/aromatic N) is 1. The van der Waals surface area contributed by atoms with Crippen molar-refractivity contribution in [3.63, 3.8) is 0 Å². The van der Waals surface area contributed by atoms with E-state index in [-0.39, 0.29) is 24.8 Å². The van der Waals surface area contributed by atoms with Crippen molar-refractivity contribution in [2.45, 2.75) is 13.8 Å². The van der Waals surface area contributed by atoms with Crippen molar-refractivity contribution in [2.75, 3.05) is 20.3 Å². The number of allylic oxidation sites excluding steroid dienone is 1. The van der Waals surface area contributed by atoms with Gasteiger partial charge in [0.2, 0.25) is 5.78 Å². The summed E-state index contributed by atoms with van der Waals surface area (Å²) in [5.74, 6) is 1.17. The Morgan fingerprint density at radius 1 is 1.19 bits per heavy atom. The van der Waals surface area contributed by atoms with Crippen LogP contribution in [0.2, 0.25) is 0 Å². The highest BCUT2D eigenvalue weighted by Gasteiger charge is 2.30. The van der Waals surface area contributed by atoms with Gasteiger partial charge in [-0.1, -0.05) is 0 Å². The molecular formula is C24H23NO6. The molecule has 4 rings (SSSR count). The topological polar surface area (TPSA) is 76.0 Å². The molecule has 0 spiro atoms. The van der Waals surface area contributed by atoms with E-state index >= 15 is 0 Å². The maximum absolute atomic E-state index is 13.0. The summed E-state index contributed by atoms with van der Waals surface area (Å²) in [7, 11) is 3.56. The third-order valence-corrected chi connectivity index (χ3v) is 5.12. The molecule has 7 heteroatoms. The van der Waals surface area contributed by atoms with Crippen LogP contribution in [0.1, 0.15) is 28.4 Å². The Balaban J connectivity index is 1.65. The predicted octanol–water partition coefficient (Wildman–Crippen LogP) is 4.05. The van der Waals surface area contributed by atoms with Gasteiger partial charge in [0.1, 0.15) is 17.2 Å². The molecule has 0 N–H and O–H groups in total. The zero-order chi connectivity index (χ0) is 22.1. The fourth-order valence-electron chi connectivity index (χ4n) is 3.69. The van der Waals surface area contributed by atoms with Gasteiger partial charge in [-0.3, -0.25) is 4.79 Å². The first-order valence-electron chi connectivity index (χ1n) is 9.91. The van der Waals surface area contributed by atoms with E-state index in [1.165, 1.54) is 0 Å². The highest BCUT2D eigenvalue weighted by molar-refractivity contribution is 6.16. The number of hydrogen-bond donors (Lipinski definition) is 0. The molecule has 1 aromatic heterocycles. The Hall–Kier alpha value is -3.74. The van der Waals surface area contributed by atoms with Crippen molar-refractivity contribution in [1.29, 1.82) is 0 Å². The second kappa shape index (κ2) is 8.18. The Labute approximate surface area is 179 Å². The second-order valence-corrected chi connectivity index (χ2v) is 7.23. The number of carbonyl (C=O) groups excluding carboxylic acids is 2. The number of fused-ring (bicyclic) bond motifs is 2. The fourth-order valence-corrected chi connectivity index (χ4v) is 3.69. The number of aryl methyl sites for hydroxylation is 2. The third-order valence-electron chi connectivity index (χ3n) is 5.12. The van der Waals surface area contributed by atoms with Gasteiger partial charge in [0.15, 0.2) is 12.4 Å². The van der Waals surface area contributed by atoms with Crippen LogP contribution >= 0.6 is 0 Å². The maximum atomic E-state index is 13.0. The summed E-state index contributed by atoms with van der Waals surface area (Å²) < 4.78 is 23.6. The van der Waals surface area contributed by atoms with Crippen LogP contribution in [-0.2, 0) is 16.6 Å². The van der Waals surface area contributed by atoms with Crippen molar-refractivity contribution >= 4 is 28.7 Å². The molecule has 0 radical (unpaired) electrons. The molecule has 0 saturated heterocycles. The van der Waals surface area contributed by atoms with Crippen LogP contribution in [0, 0.1) is 6.92 Å². The summed E-state index contributed by atoms with van der Waals surface area (Å²) in [4.78, 5) is 24.6. The van der Waals surface area contributed by atoms with Gasteiger partial charge in [-0.2, -0.15) is 0 Å². The van der Waals surface area contributed by atoms with Crippen molar-refractivity contribution in [3.8, 4) is 17.2 Å². The van der Waals surface area contributed by atoms with E-state index in [1.807, 2.05) is 42.9 Å². The predicted molar refractivity (Wildman–Crippen MR) is 116 cm³/mol. The van der Waals surface area contributed by atoms with Crippen LogP contribution in [0.3, 0.4) is 0 Å². The van der Waals surface area contributed by atoms with Crippen molar-refractivity contribution in [1.82, 2.24) is 4.57 Å². The summed E-state index contributed by atoms with van der Waals surface area (Å²) in [5, 5.41) is 0.955. The van der Waals surface area contributed by atoms with Crippen LogP contribution < -0.4 is 14.2 Å². The summed E-state index contributed by atoms with van der Waals surface area (Å²) in [6.07, 6.45) is 3.68. The van der Waals surface area contributed by atoms with Gasteiger partial charge in [-0.15, -0.1) is 0 Å². The number of Topliss-reactive ketones (excluding diaryl/α,β-unsaturated/α-hetero) is 1. The molecule has 0 unspecified atom stereocenters. The van der Waals surface area contributed by atoms with Gasteiger partial charge in [-0.25, -0.2) is 4.79 Å². The molecule has 2 aromatic carbocycles. The van der Waals surface area contributed by atoms with Crippen LogP contribution in [0.4, 0.5) is 0 Å². The van der Waals surface area contributed by atoms with E-state index in [9.17, 15) is 9.59 Å². The van der Waals surface area contributed by atoms with E-state index in [4.69, 9.17) is 18.9 Å². The minimum absolute atomic E-state index is 0.190. The van der Waals surface area contributed by atoms with Gasteiger partial charge >= 0.3 is 5.97 Å². The van der Waals surface area contributed by atoms with Gasteiger partial charge < -0.3 is 23.5 Å². The van der Waals surface area contributed by atoms with E-state index in [0.29, 0.717) is 22.6 Å². The van der Waals surface area contributed by atoms with Crippen LogP contribution in [0.5, 0.6) is 17.2 Å². The smallest absolute Gasteiger partial charge is 0.344 e. The average Bonchev–Trinajstić information content (AvgIpc) is 3.23. The lowest BCUT2D eigenvalue weighted by atomic mass is 10.0. The molecule has 31 heavy (non-hydrogen) atoms. The lowest BCUT2D eigenvalue weighted by Crippen LogP contribution is -2.14. The van der Waals surface area contributed by atoms with Crippen LogP contribution in [-0.4, -0.2) is 36.6 Å². The molecule has 2 heterocycles. The average molecular weight is 421 g/mol. The zero-order valence-corrected chi connectivity index (χ0v) is 17.9. The summed E-state index contributed by atoms with van der Waals surface area (Å²) in [6.45, 7) is 3.62. The summed E-state index contributed by atoms with van der Waals surface area (Å²) >= 11 is 0. The number of esters is 1. The van der Waals surface area contributed by atoms with Crippen LogP contribution in [0.25, 0.3) is 17.0 Å². The first kappa shape index (κ1) is 20.5. The summed E-state index contributed by atoms with van der Waals surface area (Å²) in [5.41, 5.74) is 3.07. The molecule has 0 amide bonds. The largest absolute Gasteiger partial charge is 0.497 e. The fraction of sp³-hybridized carbons (Fsp3) is 0.250. The van der Waals surface area contributed by atoms with Gasteiger partial charge in [0.05, 0.1) is 19.3 Å². The lowest BCUT2D eigenvalue weighted by Gasteiger charge is -2.08. The second-order valence-electron chi connectivity index (χ2n) is 7.23. The Bertz CT molecular complexity index is 1220. The summed E-state index contributed by atoms with van der Waals surface area (Å²) in [6, 6.07) is 9.13. The van der Waals surface area contributed by atoms with E-state index in [0.717, 1.165) is 22.2 Å². The SMILES string of the molecule is CCOC(=O)COc1cc(C)c2c(c1)O/C(=C\c1cn(C)c3ccc(OC)cc13)C2=O. The number of ether oxygens (including phenoxy) is 4. The Morgan fingerprint density at radius 3 is 2.74 bits per heavy atom. The maximum Gasteiger partial charge on any atom is 0.344 e. The Kier molecular flexibility index (Phi) is 5.42. The molecule has 0 saturated carbocycles. The van der Waals surface area contributed by atoms with Crippen molar-refractivity contribution < 1.29 is 28.5 Å². The zero-order valence-electron chi connectivity index (χ0n) is 17.9. The molecule has 7 nitrogen and oxygen atoms in total. The van der Waals surface area contributed by atoms with Crippen molar-refractivity contribution in [3.05, 3.63) is 59.0 Å². The molecule has 1 aliphatic rings. The molecule has 160 valence electrons. The third kappa shape index (κ3) is 3.86. The van der Waals surface area contributed by atoms with Gasteiger partial charge in [-0.05, 0) is 49.8 Å². The van der Waals surface area contributed by atoms with E-state index < -0.39 is 5.97 Å². The lowest BCUT2D eigenvalue weighted by molar-refractivity contribution is -0.145. The normalized spacial score (nSPS) is 13.9. The van der Waals surface area contributed by atoms with Crippen molar-refractivity contribution in [2.24, 2.45) is 7.05 Å². The van der Waals surface area contributed by atoms with Gasteiger partial charge in [0.25, 0.3) is 0 Å². The molecule has 3 aromatic rings. The van der Waals surface area contributed by atoms with E-state index in [2.05, 4.69) is 0 Å². The quantitative estimate of drug-likeness (QED) is 0.441. The highest BCUT2D eigenvalue weighted by Crippen LogP contribution is 2.38. The number of aromatic nitrogens is 1. The molecule has 0 fully saturated rings. The number of methoxy groups -OCH3 is 1. The molecule has 1 aliphatic heterocycles. The number of hydrogen-bond acceptors (Lipinski definition) is 6.